The topological polar surface area (TPSA) is 53.0 Å². The smallest absolute Gasteiger partial charge is 0.101 e. The van der Waals surface area contributed by atoms with E-state index in [1.54, 1.807) is 0 Å². The maximum atomic E-state index is 9.26. The van der Waals surface area contributed by atoms with E-state index in [9.17, 15) is 5.26 Å². The number of nitrogens with zero attached hydrogens (tertiary/aromatic N) is 2. The number of aryl methyl sites for hydroxylation is 1. The Kier molecular flexibility index (Phi) is 3.88. The van der Waals surface area contributed by atoms with Crippen LogP contribution in [-0.4, -0.2) is 18.6 Å². The van der Waals surface area contributed by atoms with Crippen molar-refractivity contribution < 1.29 is 0 Å². The van der Waals surface area contributed by atoms with E-state index in [4.69, 9.17) is 5.73 Å². The predicted octanol–water partition coefficient (Wildman–Crippen LogP) is 2.57. The van der Waals surface area contributed by atoms with Gasteiger partial charge in [0.05, 0.1) is 11.3 Å². The van der Waals surface area contributed by atoms with Gasteiger partial charge < -0.3 is 10.6 Å². The van der Waals surface area contributed by atoms with Crippen LogP contribution in [0.5, 0.6) is 0 Å². The fourth-order valence-electron chi connectivity index (χ4n) is 2.78. The van der Waals surface area contributed by atoms with Crippen molar-refractivity contribution in [1.29, 1.82) is 5.26 Å². The van der Waals surface area contributed by atoms with Crippen LogP contribution in [0.2, 0.25) is 0 Å². The molecule has 2 atom stereocenters. The van der Waals surface area contributed by atoms with Gasteiger partial charge >= 0.3 is 0 Å². The van der Waals surface area contributed by atoms with E-state index in [2.05, 4.69) is 30.9 Å². The van der Waals surface area contributed by atoms with Crippen LogP contribution in [0.3, 0.4) is 0 Å². The average Bonchev–Trinajstić information content (AvgIpc) is 2.38. The molecule has 1 aromatic rings. The molecule has 0 aliphatic carbocycles. The average molecular weight is 243 g/mol. The summed E-state index contributed by atoms with van der Waals surface area (Å²) < 4.78 is 0. The van der Waals surface area contributed by atoms with Crippen LogP contribution < -0.4 is 10.6 Å². The standard InChI is InChI=1S/C15H21N3/c1-11-6-7-13(10-16)15(9-11)18-8-4-3-5-14(18)12(2)17/h6-7,9,12,14H,3-5,8,17H2,1-2H3. The number of anilines is 1. The highest BCUT2D eigenvalue weighted by molar-refractivity contribution is 5.61. The molecule has 3 nitrogen and oxygen atoms in total. The lowest BCUT2D eigenvalue weighted by Crippen LogP contribution is -2.49. The highest BCUT2D eigenvalue weighted by atomic mass is 15.2. The number of piperidine rings is 1. The normalized spacial score (nSPS) is 21.4. The molecule has 1 aliphatic heterocycles. The first-order valence-electron chi connectivity index (χ1n) is 6.66. The number of hydrogen-bond acceptors (Lipinski definition) is 3. The minimum atomic E-state index is 0.136. The molecule has 18 heavy (non-hydrogen) atoms. The lowest BCUT2D eigenvalue weighted by Gasteiger charge is -2.40. The summed E-state index contributed by atoms with van der Waals surface area (Å²) >= 11 is 0. The zero-order valence-electron chi connectivity index (χ0n) is 11.2. The molecule has 1 saturated heterocycles. The molecule has 2 unspecified atom stereocenters. The molecule has 0 radical (unpaired) electrons. The summed E-state index contributed by atoms with van der Waals surface area (Å²) in [5.74, 6) is 0. The first-order chi connectivity index (χ1) is 8.63. The van der Waals surface area contributed by atoms with Crippen LogP contribution in [0.25, 0.3) is 0 Å². The van der Waals surface area contributed by atoms with E-state index in [0.29, 0.717) is 6.04 Å². The van der Waals surface area contributed by atoms with Gasteiger partial charge in [-0.25, -0.2) is 0 Å². The van der Waals surface area contributed by atoms with Crippen LogP contribution in [-0.2, 0) is 0 Å². The Morgan fingerprint density at radius 3 is 2.89 bits per heavy atom. The van der Waals surface area contributed by atoms with E-state index in [0.717, 1.165) is 24.2 Å². The number of nitriles is 1. The van der Waals surface area contributed by atoms with Crippen molar-refractivity contribution in [3.05, 3.63) is 29.3 Å². The zero-order valence-corrected chi connectivity index (χ0v) is 11.2. The van der Waals surface area contributed by atoms with E-state index in [1.807, 2.05) is 12.1 Å². The molecule has 0 amide bonds. The van der Waals surface area contributed by atoms with Gasteiger partial charge in [0.2, 0.25) is 0 Å². The summed E-state index contributed by atoms with van der Waals surface area (Å²) in [4.78, 5) is 2.33. The molecular formula is C15H21N3. The minimum absolute atomic E-state index is 0.136. The van der Waals surface area contributed by atoms with Crippen molar-refractivity contribution in [3.8, 4) is 6.07 Å². The highest BCUT2D eigenvalue weighted by Crippen LogP contribution is 2.29. The number of rotatable bonds is 2. The SMILES string of the molecule is Cc1ccc(C#N)c(N2CCCCC2C(C)N)c1. The summed E-state index contributed by atoms with van der Waals surface area (Å²) in [6, 6.07) is 8.81. The fraction of sp³-hybridized carbons (Fsp3) is 0.533. The monoisotopic (exact) mass is 243 g/mol. The van der Waals surface area contributed by atoms with Crippen LogP contribution in [0.1, 0.15) is 37.3 Å². The lowest BCUT2D eigenvalue weighted by atomic mass is 9.95. The summed E-state index contributed by atoms with van der Waals surface area (Å²) in [7, 11) is 0. The van der Waals surface area contributed by atoms with Crippen molar-refractivity contribution in [2.75, 3.05) is 11.4 Å². The highest BCUT2D eigenvalue weighted by Gasteiger charge is 2.27. The maximum Gasteiger partial charge on any atom is 0.101 e. The predicted molar refractivity (Wildman–Crippen MR) is 74.5 cm³/mol. The minimum Gasteiger partial charge on any atom is -0.366 e. The molecule has 2 rings (SSSR count). The van der Waals surface area contributed by atoms with E-state index in [-0.39, 0.29) is 6.04 Å². The third kappa shape index (κ3) is 2.49. The van der Waals surface area contributed by atoms with Gasteiger partial charge in [-0.05, 0) is 50.8 Å². The third-order valence-electron chi connectivity index (χ3n) is 3.74. The van der Waals surface area contributed by atoms with Crippen LogP contribution in [0.4, 0.5) is 5.69 Å². The number of hydrogen-bond donors (Lipinski definition) is 1. The lowest BCUT2D eigenvalue weighted by molar-refractivity contribution is 0.413. The van der Waals surface area contributed by atoms with Gasteiger partial charge in [-0.15, -0.1) is 0 Å². The molecule has 1 fully saturated rings. The first kappa shape index (κ1) is 12.9. The Hall–Kier alpha value is -1.53. The molecule has 1 aromatic carbocycles. The van der Waals surface area contributed by atoms with E-state index < -0.39 is 0 Å². The van der Waals surface area contributed by atoms with Gasteiger partial charge in [0.15, 0.2) is 0 Å². The Morgan fingerprint density at radius 2 is 2.22 bits per heavy atom. The van der Waals surface area contributed by atoms with E-state index >= 15 is 0 Å². The maximum absolute atomic E-state index is 9.26. The molecule has 3 heteroatoms. The zero-order chi connectivity index (χ0) is 13.1. The van der Waals surface area contributed by atoms with Gasteiger partial charge in [0.25, 0.3) is 0 Å². The molecule has 0 saturated carbocycles. The fourth-order valence-corrected chi connectivity index (χ4v) is 2.78. The Morgan fingerprint density at radius 1 is 1.44 bits per heavy atom. The van der Waals surface area contributed by atoms with Gasteiger partial charge in [-0.3, -0.25) is 0 Å². The molecule has 1 heterocycles. The van der Waals surface area contributed by atoms with E-state index in [1.165, 1.54) is 18.4 Å². The molecule has 96 valence electrons. The molecule has 0 spiro atoms. The molecule has 0 aromatic heterocycles. The van der Waals surface area contributed by atoms with Crippen LogP contribution in [0, 0.1) is 18.3 Å². The Labute approximate surface area is 109 Å². The third-order valence-corrected chi connectivity index (χ3v) is 3.74. The molecular weight excluding hydrogens is 222 g/mol. The van der Waals surface area contributed by atoms with Crippen LogP contribution in [0.15, 0.2) is 18.2 Å². The Balaban J connectivity index is 2.39. The quantitative estimate of drug-likeness (QED) is 0.868. The van der Waals surface area contributed by atoms with Crippen LogP contribution >= 0.6 is 0 Å². The van der Waals surface area contributed by atoms with Gasteiger partial charge in [0, 0.05) is 18.6 Å². The summed E-state index contributed by atoms with van der Waals surface area (Å²) in [6.07, 6.45) is 3.54. The second-order valence-corrected chi connectivity index (χ2v) is 5.25. The van der Waals surface area contributed by atoms with Crippen molar-refractivity contribution in [2.24, 2.45) is 5.73 Å². The van der Waals surface area contributed by atoms with Crippen molar-refractivity contribution in [1.82, 2.24) is 0 Å². The van der Waals surface area contributed by atoms with Crippen molar-refractivity contribution >= 4 is 5.69 Å². The second kappa shape index (κ2) is 5.41. The van der Waals surface area contributed by atoms with Gasteiger partial charge in [-0.2, -0.15) is 5.26 Å². The summed E-state index contributed by atoms with van der Waals surface area (Å²) in [5, 5.41) is 9.26. The van der Waals surface area contributed by atoms with Gasteiger partial charge in [0.1, 0.15) is 6.07 Å². The van der Waals surface area contributed by atoms with Crippen molar-refractivity contribution in [3.63, 3.8) is 0 Å². The number of benzene rings is 1. The summed E-state index contributed by atoms with van der Waals surface area (Å²) in [5.41, 5.74) is 9.11. The second-order valence-electron chi connectivity index (χ2n) is 5.25. The first-order valence-corrected chi connectivity index (χ1v) is 6.66. The molecule has 2 N–H and O–H groups in total. The Bertz CT molecular complexity index is 459. The number of nitrogens with two attached hydrogens (primary N) is 1. The molecule has 1 aliphatic rings. The summed E-state index contributed by atoms with van der Waals surface area (Å²) in [6.45, 7) is 5.13. The van der Waals surface area contributed by atoms with Crippen molar-refractivity contribution in [2.45, 2.75) is 45.2 Å². The largest absolute Gasteiger partial charge is 0.366 e. The molecule has 0 bridgehead atoms. The van der Waals surface area contributed by atoms with Gasteiger partial charge in [-0.1, -0.05) is 6.07 Å².